The second-order valence-corrected chi connectivity index (χ2v) is 9.80. The standard InChI is InChI=1S/C19H26ClN5O2S/c1-22-6-10-24(11-7-22)28(26,27)25-12-8-23(9-13-25)15-17-14-16-4-2-3-5-18(16)21-19(17)20/h2-5,14H,6-13,15H2,1H3. The van der Waals surface area contributed by atoms with E-state index in [2.05, 4.69) is 20.9 Å². The number of halogens is 1. The molecule has 0 saturated carbocycles. The molecule has 0 unspecified atom stereocenters. The van der Waals surface area contributed by atoms with Gasteiger partial charge in [0.25, 0.3) is 10.2 Å². The lowest BCUT2D eigenvalue weighted by atomic mass is 10.1. The van der Waals surface area contributed by atoms with Gasteiger partial charge in [0.2, 0.25) is 0 Å². The van der Waals surface area contributed by atoms with Gasteiger partial charge in [0, 0.05) is 69.9 Å². The van der Waals surface area contributed by atoms with E-state index in [9.17, 15) is 8.42 Å². The average Bonchev–Trinajstić information content (AvgIpc) is 2.69. The molecule has 0 aliphatic carbocycles. The van der Waals surface area contributed by atoms with Crippen LogP contribution in [0.4, 0.5) is 0 Å². The molecule has 28 heavy (non-hydrogen) atoms. The van der Waals surface area contributed by atoms with Gasteiger partial charge in [-0.3, -0.25) is 4.90 Å². The van der Waals surface area contributed by atoms with Crippen LogP contribution in [-0.4, -0.2) is 91.2 Å². The molecule has 152 valence electrons. The first kappa shape index (κ1) is 20.0. The number of rotatable bonds is 4. The van der Waals surface area contributed by atoms with Gasteiger partial charge in [-0.15, -0.1) is 0 Å². The average molecular weight is 424 g/mol. The Morgan fingerprint density at radius 3 is 2.25 bits per heavy atom. The molecule has 0 atom stereocenters. The molecule has 3 heterocycles. The molecule has 7 nitrogen and oxygen atoms in total. The van der Waals surface area contributed by atoms with Crippen molar-refractivity contribution in [3.63, 3.8) is 0 Å². The van der Waals surface area contributed by atoms with Gasteiger partial charge < -0.3 is 4.90 Å². The smallest absolute Gasteiger partial charge is 0.282 e. The van der Waals surface area contributed by atoms with Crippen LogP contribution < -0.4 is 0 Å². The molecule has 4 rings (SSSR count). The number of hydrogen-bond donors (Lipinski definition) is 0. The first-order valence-electron chi connectivity index (χ1n) is 9.64. The van der Waals surface area contributed by atoms with Gasteiger partial charge in [-0.2, -0.15) is 17.0 Å². The summed E-state index contributed by atoms with van der Waals surface area (Å²) in [4.78, 5) is 8.89. The SMILES string of the molecule is CN1CCN(S(=O)(=O)N2CCN(Cc3cc4ccccc4nc3Cl)CC2)CC1. The molecular weight excluding hydrogens is 398 g/mol. The van der Waals surface area contributed by atoms with Crippen LogP contribution in [0.25, 0.3) is 10.9 Å². The van der Waals surface area contributed by atoms with Gasteiger partial charge in [-0.25, -0.2) is 4.98 Å². The largest absolute Gasteiger partial charge is 0.304 e. The normalized spacial score (nSPS) is 21.4. The Balaban J connectivity index is 1.38. The molecule has 2 saturated heterocycles. The quantitative estimate of drug-likeness (QED) is 0.697. The predicted octanol–water partition coefficient (Wildman–Crippen LogP) is 1.50. The van der Waals surface area contributed by atoms with Crippen molar-refractivity contribution in [1.29, 1.82) is 0 Å². The van der Waals surface area contributed by atoms with Crippen molar-refractivity contribution >= 4 is 32.7 Å². The van der Waals surface area contributed by atoms with Crippen molar-refractivity contribution in [2.75, 3.05) is 59.4 Å². The third-order valence-electron chi connectivity index (χ3n) is 5.59. The molecule has 0 N–H and O–H groups in total. The number of aromatic nitrogens is 1. The first-order chi connectivity index (χ1) is 13.4. The van der Waals surface area contributed by atoms with E-state index < -0.39 is 10.2 Å². The molecule has 1 aromatic carbocycles. The predicted molar refractivity (Wildman–Crippen MR) is 112 cm³/mol. The molecule has 2 aliphatic rings. The van der Waals surface area contributed by atoms with E-state index in [0.717, 1.165) is 29.6 Å². The second-order valence-electron chi connectivity index (χ2n) is 7.52. The van der Waals surface area contributed by atoms with Gasteiger partial charge in [0.15, 0.2) is 0 Å². The summed E-state index contributed by atoms with van der Waals surface area (Å²) >= 11 is 6.38. The number of nitrogens with zero attached hydrogens (tertiary/aromatic N) is 5. The van der Waals surface area contributed by atoms with Crippen LogP contribution in [0, 0.1) is 0 Å². The Labute approximate surface area is 171 Å². The van der Waals surface area contributed by atoms with Crippen molar-refractivity contribution in [1.82, 2.24) is 23.4 Å². The van der Waals surface area contributed by atoms with Crippen molar-refractivity contribution in [2.24, 2.45) is 0 Å². The summed E-state index contributed by atoms with van der Waals surface area (Å²) < 4.78 is 29.0. The Morgan fingerprint density at radius 1 is 0.964 bits per heavy atom. The zero-order chi connectivity index (χ0) is 19.7. The number of hydrogen-bond acceptors (Lipinski definition) is 5. The lowest BCUT2D eigenvalue weighted by Gasteiger charge is -2.39. The number of fused-ring (bicyclic) bond motifs is 1. The molecule has 1 aromatic heterocycles. The molecule has 0 spiro atoms. The molecule has 2 aromatic rings. The van der Waals surface area contributed by atoms with Gasteiger partial charge in [-0.1, -0.05) is 29.8 Å². The number of benzene rings is 1. The Hall–Kier alpha value is -1.29. The van der Waals surface area contributed by atoms with Crippen molar-refractivity contribution in [3.8, 4) is 0 Å². The van der Waals surface area contributed by atoms with E-state index in [4.69, 9.17) is 11.6 Å². The number of pyridine rings is 1. The lowest BCUT2D eigenvalue weighted by molar-refractivity contribution is 0.165. The van der Waals surface area contributed by atoms with Crippen LogP contribution >= 0.6 is 11.6 Å². The van der Waals surface area contributed by atoms with Crippen LogP contribution in [-0.2, 0) is 16.8 Å². The second kappa shape index (κ2) is 8.22. The first-order valence-corrected chi connectivity index (χ1v) is 11.4. The van der Waals surface area contributed by atoms with E-state index in [1.807, 2.05) is 31.3 Å². The zero-order valence-electron chi connectivity index (χ0n) is 16.1. The van der Waals surface area contributed by atoms with Crippen LogP contribution in [0.15, 0.2) is 30.3 Å². The minimum Gasteiger partial charge on any atom is -0.304 e. The molecular formula is C19H26ClN5O2S. The molecule has 0 radical (unpaired) electrons. The highest BCUT2D eigenvalue weighted by Crippen LogP contribution is 2.23. The molecule has 2 fully saturated rings. The Bertz CT molecular complexity index is 938. The topological polar surface area (TPSA) is 60.0 Å². The van der Waals surface area contributed by atoms with Crippen molar-refractivity contribution in [2.45, 2.75) is 6.54 Å². The third-order valence-corrected chi connectivity index (χ3v) is 7.95. The Kier molecular flexibility index (Phi) is 5.87. The van der Waals surface area contributed by atoms with Gasteiger partial charge in [-0.05, 0) is 19.2 Å². The summed E-state index contributed by atoms with van der Waals surface area (Å²) in [6.07, 6.45) is 0. The summed E-state index contributed by atoms with van der Waals surface area (Å²) in [5.41, 5.74) is 1.87. The molecule has 2 aliphatic heterocycles. The van der Waals surface area contributed by atoms with E-state index in [0.29, 0.717) is 51.0 Å². The lowest BCUT2D eigenvalue weighted by Crippen LogP contribution is -2.56. The summed E-state index contributed by atoms with van der Waals surface area (Å²) in [5, 5.41) is 1.59. The maximum atomic E-state index is 12.9. The van der Waals surface area contributed by atoms with Crippen LogP contribution in [0.1, 0.15) is 5.56 Å². The summed E-state index contributed by atoms with van der Waals surface area (Å²) in [6, 6.07) is 10.0. The maximum Gasteiger partial charge on any atom is 0.282 e. The highest BCUT2D eigenvalue weighted by Gasteiger charge is 2.33. The molecule has 9 heteroatoms. The summed E-state index contributed by atoms with van der Waals surface area (Å²) in [7, 11) is -1.34. The molecule has 0 amide bonds. The number of para-hydroxylation sites is 1. The minimum absolute atomic E-state index is 0.507. The Morgan fingerprint density at radius 2 is 1.57 bits per heavy atom. The van der Waals surface area contributed by atoms with Gasteiger partial charge in [0.05, 0.1) is 5.52 Å². The van der Waals surface area contributed by atoms with Crippen molar-refractivity contribution < 1.29 is 8.42 Å². The summed E-state index contributed by atoms with van der Waals surface area (Å²) in [5.74, 6) is 0. The third kappa shape index (κ3) is 4.17. The number of likely N-dealkylation sites (N-methyl/N-ethyl adjacent to an activating group) is 1. The zero-order valence-corrected chi connectivity index (χ0v) is 17.7. The fourth-order valence-electron chi connectivity index (χ4n) is 3.79. The monoisotopic (exact) mass is 423 g/mol. The van der Waals surface area contributed by atoms with E-state index in [1.165, 1.54) is 0 Å². The van der Waals surface area contributed by atoms with Crippen LogP contribution in [0.3, 0.4) is 0 Å². The van der Waals surface area contributed by atoms with E-state index in [-0.39, 0.29) is 0 Å². The fraction of sp³-hybridized carbons (Fsp3) is 0.526. The minimum atomic E-state index is -3.37. The van der Waals surface area contributed by atoms with Gasteiger partial charge in [0.1, 0.15) is 5.15 Å². The van der Waals surface area contributed by atoms with Crippen molar-refractivity contribution in [3.05, 3.63) is 41.0 Å². The molecule has 0 bridgehead atoms. The van der Waals surface area contributed by atoms with Gasteiger partial charge >= 0.3 is 0 Å². The highest BCUT2D eigenvalue weighted by atomic mass is 35.5. The van der Waals surface area contributed by atoms with E-state index in [1.54, 1.807) is 8.61 Å². The fourth-order valence-corrected chi connectivity index (χ4v) is 5.57. The summed E-state index contributed by atoms with van der Waals surface area (Å²) in [6.45, 7) is 5.78. The number of piperazine rings is 2. The highest BCUT2D eigenvalue weighted by molar-refractivity contribution is 7.86. The maximum absolute atomic E-state index is 12.9. The van der Waals surface area contributed by atoms with E-state index >= 15 is 0 Å². The van der Waals surface area contributed by atoms with Crippen LogP contribution in [0.2, 0.25) is 5.15 Å². The van der Waals surface area contributed by atoms with Crippen LogP contribution in [0.5, 0.6) is 0 Å².